The number of rotatable bonds is 13. The molecule has 0 bridgehead atoms. The fourth-order valence-electron chi connectivity index (χ4n) is 7.78. The Kier molecular flexibility index (Phi) is 12.6. The summed E-state index contributed by atoms with van der Waals surface area (Å²) in [5.41, 5.74) is 3.21. The molecule has 1 saturated heterocycles. The topological polar surface area (TPSA) is 59.1 Å². The number of amides is 1. The summed E-state index contributed by atoms with van der Waals surface area (Å²) in [7, 11) is 0. The molecule has 0 radical (unpaired) electrons. The van der Waals surface area contributed by atoms with Crippen LogP contribution in [0.5, 0.6) is 5.75 Å². The molecule has 6 nitrogen and oxygen atoms in total. The van der Waals surface area contributed by atoms with Gasteiger partial charge in [0.1, 0.15) is 24.5 Å². The van der Waals surface area contributed by atoms with Crippen molar-refractivity contribution in [3.63, 3.8) is 0 Å². The smallest absolute Gasteiger partial charge is 0.342 e. The van der Waals surface area contributed by atoms with Gasteiger partial charge in [-0.25, -0.2) is 26.7 Å². The first kappa shape index (κ1) is 39.7. The van der Waals surface area contributed by atoms with E-state index < -0.39 is 59.1 Å². The molecule has 1 saturated carbocycles. The second kappa shape index (κ2) is 18.1. The van der Waals surface area contributed by atoms with Gasteiger partial charge in [-0.1, -0.05) is 104 Å². The lowest BCUT2D eigenvalue weighted by Crippen LogP contribution is -2.45. The van der Waals surface area contributed by atoms with Gasteiger partial charge in [0, 0.05) is 23.9 Å². The highest BCUT2D eigenvalue weighted by molar-refractivity contribution is 5.99. The second-order valence-corrected chi connectivity index (χ2v) is 14.7. The molecule has 11 heteroatoms. The van der Waals surface area contributed by atoms with Gasteiger partial charge in [-0.15, -0.1) is 0 Å². The molecular weight excluding hydrogens is 740 g/mol. The van der Waals surface area contributed by atoms with Crippen molar-refractivity contribution >= 4 is 17.6 Å². The molecule has 1 heterocycles. The van der Waals surface area contributed by atoms with E-state index >= 15 is 0 Å². The molecule has 1 aliphatic carbocycles. The average molecular weight is 783 g/mol. The van der Waals surface area contributed by atoms with Crippen LogP contribution in [0.25, 0.3) is 0 Å². The fourth-order valence-corrected chi connectivity index (χ4v) is 7.78. The molecule has 296 valence electrons. The lowest BCUT2D eigenvalue weighted by atomic mass is 9.84. The number of benzene rings is 5. The van der Waals surface area contributed by atoms with Crippen LogP contribution >= 0.6 is 0 Å². The van der Waals surface area contributed by atoms with Crippen molar-refractivity contribution in [3.8, 4) is 5.75 Å². The molecule has 5 aromatic rings. The Hall–Kier alpha value is -5.55. The van der Waals surface area contributed by atoms with Crippen molar-refractivity contribution in [2.45, 2.75) is 83.2 Å². The first-order valence-corrected chi connectivity index (χ1v) is 19.3. The van der Waals surface area contributed by atoms with E-state index in [4.69, 9.17) is 9.47 Å². The first-order chi connectivity index (χ1) is 27.7. The zero-order chi connectivity index (χ0) is 39.9. The fraction of sp³-hybridized carbons (Fsp3) is 0.304. The van der Waals surface area contributed by atoms with Crippen LogP contribution in [0.4, 0.5) is 27.6 Å². The number of hydrogen-bond acceptors (Lipinski definition) is 5. The summed E-state index contributed by atoms with van der Waals surface area (Å²) >= 11 is 0. The Morgan fingerprint density at radius 2 is 1.26 bits per heavy atom. The third-order valence-corrected chi connectivity index (χ3v) is 10.9. The van der Waals surface area contributed by atoms with Gasteiger partial charge in [-0.05, 0) is 72.5 Å². The van der Waals surface area contributed by atoms with Crippen molar-refractivity contribution in [1.29, 1.82) is 0 Å². The zero-order valence-electron chi connectivity index (χ0n) is 31.4. The van der Waals surface area contributed by atoms with Gasteiger partial charge in [0.05, 0.1) is 12.6 Å². The summed E-state index contributed by atoms with van der Waals surface area (Å²) in [4.78, 5) is 31.3. The lowest BCUT2D eigenvalue weighted by molar-refractivity contribution is -0.123. The number of halogens is 5. The largest absolute Gasteiger partial charge is 0.488 e. The predicted molar refractivity (Wildman–Crippen MR) is 206 cm³/mol. The Morgan fingerprint density at radius 1 is 0.649 bits per heavy atom. The molecule has 1 amide bonds. The minimum atomic E-state index is -2.24. The van der Waals surface area contributed by atoms with E-state index in [1.165, 1.54) is 40.7 Å². The van der Waals surface area contributed by atoms with Crippen LogP contribution in [0.1, 0.15) is 89.0 Å². The highest BCUT2D eigenvalue weighted by atomic mass is 19.2. The molecule has 1 atom stereocenters. The summed E-state index contributed by atoms with van der Waals surface area (Å²) in [6.07, 6.45) is 6.58. The van der Waals surface area contributed by atoms with E-state index in [1.54, 1.807) is 12.1 Å². The lowest BCUT2D eigenvalue weighted by Gasteiger charge is -2.31. The third kappa shape index (κ3) is 9.20. The Morgan fingerprint density at radius 3 is 1.91 bits per heavy atom. The monoisotopic (exact) mass is 782 g/mol. The Labute approximate surface area is 328 Å². The molecule has 0 spiro atoms. The Balaban J connectivity index is 1.22. The van der Waals surface area contributed by atoms with Gasteiger partial charge in [-0.2, -0.15) is 0 Å². The van der Waals surface area contributed by atoms with Crippen molar-refractivity contribution in [1.82, 2.24) is 4.90 Å². The highest BCUT2D eigenvalue weighted by Crippen LogP contribution is 2.35. The van der Waals surface area contributed by atoms with Gasteiger partial charge in [0.2, 0.25) is 11.7 Å². The SMILES string of the molecule is O=C(OCc1ccccc1)c1ccc(N(Cc2ccc(C3CCCCC3)cc2)C(=O)C2CCCN2Cc2c(F)c(F)c(F)c(F)c2F)cc1OCc1ccccc1. The van der Waals surface area contributed by atoms with Crippen molar-refractivity contribution in [2.75, 3.05) is 11.4 Å². The number of carbonyl (C=O) groups is 2. The van der Waals surface area contributed by atoms with E-state index in [-0.39, 0.29) is 44.0 Å². The number of anilines is 1. The van der Waals surface area contributed by atoms with Crippen molar-refractivity contribution in [3.05, 3.63) is 166 Å². The number of likely N-dealkylation sites (tertiary alicyclic amines) is 1. The molecule has 57 heavy (non-hydrogen) atoms. The van der Waals surface area contributed by atoms with E-state index in [0.29, 0.717) is 18.0 Å². The number of esters is 1. The van der Waals surface area contributed by atoms with Gasteiger partial charge in [0.25, 0.3) is 0 Å². The van der Waals surface area contributed by atoms with Gasteiger partial charge in [-0.3, -0.25) is 9.69 Å². The van der Waals surface area contributed by atoms with Crippen LogP contribution in [0.15, 0.2) is 103 Å². The summed E-state index contributed by atoms with van der Waals surface area (Å²) in [6, 6.07) is 30.5. The summed E-state index contributed by atoms with van der Waals surface area (Å²) < 4.78 is 83.9. The molecule has 5 aromatic carbocycles. The Bertz CT molecular complexity index is 2150. The number of nitrogens with zero attached hydrogens (tertiary/aromatic N) is 2. The van der Waals surface area contributed by atoms with E-state index in [2.05, 4.69) is 12.1 Å². The maximum Gasteiger partial charge on any atom is 0.342 e. The van der Waals surface area contributed by atoms with Gasteiger partial charge >= 0.3 is 5.97 Å². The number of hydrogen-bond donors (Lipinski definition) is 0. The third-order valence-electron chi connectivity index (χ3n) is 10.9. The molecule has 0 N–H and O–H groups in total. The molecular formula is C46H43F5N2O4. The van der Waals surface area contributed by atoms with Crippen LogP contribution in [0, 0.1) is 29.1 Å². The maximum atomic E-state index is 14.9. The normalized spacial score (nSPS) is 16.1. The molecule has 2 fully saturated rings. The number of ether oxygens (including phenoxy) is 2. The van der Waals surface area contributed by atoms with E-state index in [9.17, 15) is 31.5 Å². The zero-order valence-corrected chi connectivity index (χ0v) is 31.4. The molecule has 1 unspecified atom stereocenters. The molecule has 0 aromatic heterocycles. The summed E-state index contributed by atoms with van der Waals surface area (Å²) in [5.74, 6) is -10.6. The predicted octanol–water partition coefficient (Wildman–Crippen LogP) is 10.6. The van der Waals surface area contributed by atoms with Crippen LogP contribution in [0.3, 0.4) is 0 Å². The minimum Gasteiger partial charge on any atom is -0.488 e. The first-order valence-electron chi connectivity index (χ1n) is 19.3. The molecule has 2 aliphatic rings. The van der Waals surface area contributed by atoms with Gasteiger partial charge in [0.15, 0.2) is 23.3 Å². The van der Waals surface area contributed by atoms with Crippen LogP contribution < -0.4 is 9.64 Å². The molecule has 1 aliphatic heterocycles. The summed E-state index contributed by atoms with van der Waals surface area (Å²) in [6.45, 7) is -0.243. The van der Waals surface area contributed by atoms with E-state index in [1.807, 2.05) is 72.8 Å². The van der Waals surface area contributed by atoms with Crippen molar-refractivity contribution < 1.29 is 41.0 Å². The quantitative estimate of drug-likeness (QED) is 0.0515. The van der Waals surface area contributed by atoms with Crippen LogP contribution in [-0.4, -0.2) is 29.4 Å². The van der Waals surface area contributed by atoms with Crippen LogP contribution in [-0.2, 0) is 35.8 Å². The van der Waals surface area contributed by atoms with E-state index in [0.717, 1.165) is 29.5 Å². The second-order valence-electron chi connectivity index (χ2n) is 14.7. The standard InChI is InChI=1S/C46H43F5N2O4/c47-40-37(41(48)43(50)44(51)42(40)49)27-52-24-10-17-38(52)45(54)53(26-30-18-20-34(21-19-30)33-15-8-3-9-16-33)35-22-23-36(46(55)57-29-32-13-6-2-7-14-32)39(25-35)56-28-31-11-4-1-5-12-31/h1-2,4-7,11-14,18-23,25,33,38H,3,8-10,15-17,24,26-29H2. The maximum absolute atomic E-state index is 14.9. The molecule has 7 rings (SSSR count). The van der Waals surface area contributed by atoms with Gasteiger partial charge < -0.3 is 14.4 Å². The highest BCUT2D eigenvalue weighted by Gasteiger charge is 2.37. The number of carbonyl (C=O) groups excluding carboxylic acids is 2. The van der Waals surface area contributed by atoms with Crippen LogP contribution in [0.2, 0.25) is 0 Å². The summed E-state index contributed by atoms with van der Waals surface area (Å²) in [5, 5.41) is 0. The average Bonchev–Trinajstić information content (AvgIpc) is 3.73. The van der Waals surface area contributed by atoms with Crippen molar-refractivity contribution in [2.24, 2.45) is 0 Å². The minimum absolute atomic E-state index is 0.0293.